The highest BCUT2D eigenvalue weighted by Gasteiger charge is 2.23. The van der Waals surface area contributed by atoms with Gasteiger partial charge in [0.05, 0.1) is 22.3 Å². The third-order valence-corrected chi connectivity index (χ3v) is 2.78. The van der Waals surface area contributed by atoms with Crippen LogP contribution in [-0.4, -0.2) is 9.97 Å². The molecule has 0 saturated heterocycles. The molecule has 0 aliphatic carbocycles. The summed E-state index contributed by atoms with van der Waals surface area (Å²) in [4.78, 5) is 7.70. The van der Waals surface area contributed by atoms with Crippen LogP contribution in [0, 0.1) is 68.0 Å². The van der Waals surface area contributed by atoms with Gasteiger partial charge in [-0.3, -0.25) is 0 Å². The SMILES string of the molecule is N#Cc1nc2c(C#N)c(C#N)c(C#N)c(C#N)c2nc1C#N. The van der Waals surface area contributed by atoms with Crippen molar-refractivity contribution in [3.05, 3.63) is 33.6 Å². The van der Waals surface area contributed by atoms with E-state index in [1.165, 1.54) is 0 Å². The van der Waals surface area contributed by atoms with Gasteiger partial charge in [-0.05, 0) is 0 Å². The van der Waals surface area contributed by atoms with E-state index < -0.39 is 0 Å². The lowest BCUT2D eigenvalue weighted by Gasteiger charge is -2.07. The van der Waals surface area contributed by atoms with Crippen LogP contribution in [0.5, 0.6) is 0 Å². The molecule has 0 atom stereocenters. The van der Waals surface area contributed by atoms with Gasteiger partial charge in [-0.2, -0.15) is 31.6 Å². The standard InChI is InChI=1S/C14N8/c15-1-7-8(2-16)10(4-18)14-13(9(7)3-17)21-11(5-19)12(6-20)22-14. The second-order valence-electron chi connectivity index (χ2n) is 3.79. The Labute approximate surface area is 123 Å². The summed E-state index contributed by atoms with van der Waals surface area (Å²) in [5, 5.41) is 54.6. The molecule has 22 heavy (non-hydrogen) atoms. The van der Waals surface area contributed by atoms with Crippen molar-refractivity contribution in [1.29, 1.82) is 31.6 Å². The zero-order valence-electron chi connectivity index (χ0n) is 10.6. The lowest BCUT2D eigenvalue weighted by molar-refractivity contribution is 1.18. The Morgan fingerprint density at radius 2 is 0.773 bits per heavy atom. The van der Waals surface area contributed by atoms with Crippen molar-refractivity contribution in [1.82, 2.24) is 9.97 Å². The summed E-state index contributed by atoms with van der Waals surface area (Å²) in [7, 11) is 0. The van der Waals surface area contributed by atoms with E-state index in [2.05, 4.69) is 9.97 Å². The Kier molecular flexibility index (Phi) is 3.32. The van der Waals surface area contributed by atoms with Gasteiger partial charge in [0, 0.05) is 0 Å². The summed E-state index contributed by atoms with van der Waals surface area (Å²) in [5.41, 5.74) is -2.12. The van der Waals surface area contributed by atoms with Crippen LogP contribution in [0.2, 0.25) is 0 Å². The molecule has 0 radical (unpaired) electrons. The molecule has 0 bridgehead atoms. The van der Waals surface area contributed by atoms with Crippen LogP contribution >= 0.6 is 0 Å². The highest BCUT2D eigenvalue weighted by Crippen LogP contribution is 2.27. The first-order valence-corrected chi connectivity index (χ1v) is 5.49. The van der Waals surface area contributed by atoms with Crippen LogP contribution in [0.15, 0.2) is 0 Å². The number of hydrogen-bond acceptors (Lipinski definition) is 8. The minimum atomic E-state index is -0.330. The third-order valence-electron chi connectivity index (χ3n) is 2.78. The maximum Gasteiger partial charge on any atom is 0.177 e. The first-order chi connectivity index (χ1) is 10.7. The predicted octanol–water partition coefficient (Wildman–Crippen LogP) is 0.860. The lowest BCUT2D eigenvalue weighted by atomic mass is 9.95. The lowest BCUT2D eigenvalue weighted by Crippen LogP contribution is -2.04. The first-order valence-electron chi connectivity index (χ1n) is 5.49. The van der Waals surface area contributed by atoms with E-state index in [0.29, 0.717) is 0 Å². The van der Waals surface area contributed by atoms with Gasteiger partial charge < -0.3 is 0 Å². The van der Waals surface area contributed by atoms with Gasteiger partial charge in [-0.15, -0.1) is 0 Å². The van der Waals surface area contributed by atoms with Crippen LogP contribution in [-0.2, 0) is 0 Å². The topological polar surface area (TPSA) is 169 Å². The van der Waals surface area contributed by atoms with E-state index in [-0.39, 0.29) is 44.7 Å². The highest BCUT2D eigenvalue weighted by atomic mass is 14.8. The summed E-state index contributed by atoms with van der Waals surface area (Å²) in [6, 6.07) is 10.1. The smallest absolute Gasteiger partial charge is 0.177 e. The summed E-state index contributed by atoms with van der Waals surface area (Å²) in [6.45, 7) is 0. The normalized spacial score (nSPS) is 8.64. The van der Waals surface area contributed by atoms with Crippen molar-refractivity contribution in [3.8, 4) is 36.4 Å². The van der Waals surface area contributed by atoms with Crippen LogP contribution in [0.1, 0.15) is 33.6 Å². The Morgan fingerprint density at radius 1 is 0.455 bits per heavy atom. The van der Waals surface area contributed by atoms with Gasteiger partial charge in [-0.25, -0.2) is 9.97 Å². The number of nitriles is 6. The summed E-state index contributed by atoms with van der Waals surface area (Å²) in [5.74, 6) is 0. The molecular formula is C14N8. The van der Waals surface area contributed by atoms with Crippen LogP contribution in [0.4, 0.5) is 0 Å². The van der Waals surface area contributed by atoms with Gasteiger partial charge in [0.2, 0.25) is 0 Å². The zero-order chi connectivity index (χ0) is 16.3. The molecule has 2 aromatic rings. The van der Waals surface area contributed by atoms with E-state index in [1.54, 1.807) is 36.4 Å². The number of rotatable bonds is 0. The maximum atomic E-state index is 9.21. The molecule has 0 unspecified atom stereocenters. The zero-order valence-corrected chi connectivity index (χ0v) is 10.6. The minimum absolute atomic E-state index is 0.162. The Morgan fingerprint density at radius 3 is 1.00 bits per heavy atom. The summed E-state index contributed by atoms with van der Waals surface area (Å²) in [6.07, 6.45) is 0. The van der Waals surface area contributed by atoms with Gasteiger partial charge in [0.15, 0.2) is 11.4 Å². The molecule has 0 spiro atoms. The average Bonchev–Trinajstić information content (AvgIpc) is 2.57. The molecule has 0 saturated carbocycles. The fourth-order valence-corrected chi connectivity index (χ4v) is 1.87. The van der Waals surface area contributed by atoms with E-state index in [4.69, 9.17) is 21.0 Å². The number of benzene rings is 1. The van der Waals surface area contributed by atoms with E-state index in [1.807, 2.05) is 0 Å². The molecule has 8 nitrogen and oxygen atoms in total. The van der Waals surface area contributed by atoms with Crippen molar-refractivity contribution < 1.29 is 0 Å². The summed E-state index contributed by atoms with van der Waals surface area (Å²) >= 11 is 0. The minimum Gasteiger partial charge on any atom is -0.231 e. The number of aromatic nitrogens is 2. The molecule has 0 amide bonds. The maximum absolute atomic E-state index is 9.21. The van der Waals surface area contributed by atoms with Crippen LogP contribution in [0.25, 0.3) is 11.0 Å². The van der Waals surface area contributed by atoms with E-state index in [0.717, 1.165) is 0 Å². The number of hydrogen-bond donors (Lipinski definition) is 0. The molecule has 0 aliphatic rings. The molecule has 8 heteroatoms. The van der Waals surface area contributed by atoms with Crippen molar-refractivity contribution in [3.63, 3.8) is 0 Å². The van der Waals surface area contributed by atoms with Crippen molar-refractivity contribution in [2.75, 3.05) is 0 Å². The molecule has 0 N–H and O–H groups in total. The average molecular weight is 280 g/mol. The highest BCUT2D eigenvalue weighted by molar-refractivity contribution is 5.92. The van der Waals surface area contributed by atoms with E-state index in [9.17, 15) is 10.5 Å². The Hall–Kier alpha value is -4.50. The Balaban J connectivity index is 3.27. The first kappa shape index (κ1) is 13.9. The van der Waals surface area contributed by atoms with Gasteiger partial charge in [-0.1, -0.05) is 0 Å². The number of nitrogens with zero attached hydrogens (tertiary/aromatic N) is 8. The molecule has 0 fully saturated rings. The number of fused-ring (bicyclic) bond motifs is 1. The fraction of sp³-hybridized carbons (Fsp3) is 0. The molecule has 2 rings (SSSR count). The van der Waals surface area contributed by atoms with Gasteiger partial charge >= 0.3 is 0 Å². The van der Waals surface area contributed by atoms with E-state index >= 15 is 0 Å². The molecule has 1 heterocycles. The van der Waals surface area contributed by atoms with Gasteiger partial charge in [0.1, 0.15) is 47.4 Å². The Bertz CT molecular complexity index is 996. The molecule has 0 aliphatic heterocycles. The molecular weight excluding hydrogens is 280 g/mol. The fourth-order valence-electron chi connectivity index (χ4n) is 1.87. The van der Waals surface area contributed by atoms with Crippen molar-refractivity contribution in [2.45, 2.75) is 0 Å². The largest absolute Gasteiger partial charge is 0.231 e. The predicted molar refractivity (Wildman–Crippen MR) is 67.8 cm³/mol. The third kappa shape index (κ3) is 1.72. The quantitative estimate of drug-likeness (QED) is 0.683. The second-order valence-corrected chi connectivity index (χ2v) is 3.79. The monoisotopic (exact) mass is 280 g/mol. The second kappa shape index (κ2) is 5.24. The van der Waals surface area contributed by atoms with Crippen LogP contribution in [0.3, 0.4) is 0 Å². The summed E-state index contributed by atoms with van der Waals surface area (Å²) < 4.78 is 0. The van der Waals surface area contributed by atoms with Crippen molar-refractivity contribution in [2.24, 2.45) is 0 Å². The molecule has 96 valence electrons. The van der Waals surface area contributed by atoms with Crippen LogP contribution < -0.4 is 0 Å². The van der Waals surface area contributed by atoms with Crippen molar-refractivity contribution >= 4 is 11.0 Å². The van der Waals surface area contributed by atoms with Gasteiger partial charge in [0.25, 0.3) is 0 Å². The molecule has 1 aromatic carbocycles. The molecule has 1 aromatic heterocycles.